The van der Waals surface area contributed by atoms with Gasteiger partial charge in [0.2, 0.25) is 5.91 Å². The Balaban J connectivity index is 1.65. The first kappa shape index (κ1) is 15.0. The van der Waals surface area contributed by atoms with Gasteiger partial charge in [0, 0.05) is 24.6 Å². The molecule has 5 heteroatoms. The molecule has 1 amide bonds. The molecule has 1 aliphatic carbocycles. The van der Waals surface area contributed by atoms with Crippen LogP contribution in [0.4, 0.5) is 4.39 Å². The molecule has 1 fully saturated rings. The summed E-state index contributed by atoms with van der Waals surface area (Å²) in [5.74, 6) is -1.38. The van der Waals surface area contributed by atoms with Crippen LogP contribution in [0.15, 0.2) is 18.2 Å². The van der Waals surface area contributed by atoms with Crippen molar-refractivity contribution in [3.8, 4) is 0 Å². The highest BCUT2D eigenvalue weighted by Crippen LogP contribution is 2.32. The molecule has 0 atom stereocenters. The molecule has 0 saturated heterocycles. The Hall–Kier alpha value is -1.91. The van der Waals surface area contributed by atoms with Crippen LogP contribution in [0.5, 0.6) is 0 Å². The smallest absolute Gasteiger partial charge is 0.306 e. The molecule has 0 unspecified atom stereocenters. The number of hydrogen-bond donors (Lipinski definition) is 1. The van der Waals surface area contributed by atoms with Gasteiger partial charge in [0.1, 0.15) is 5.82 Å². The number of nitrogens with zero attached hydrogens (tertiary/aromatic N) is 1. The first-order valence-electron chi connectivity index (χ1n) is 7.84. The van der Waals surface area contributed by atoms with Gasteiger partial charge in [-0.05, 0) is 43.7 Å². The maximum Gasteiger partial charge on any atom is 0.306 e. The summed E-state index contributed by atoms with van der Waals surface area (Å²) in [5.41, 5.74) is 1.61. The van der Waals surface area contributed by atoms with Gasteiger partial charge in [-0.1, -0.05) is 12.1 Å². The molecule has 1 saturated carbocycles. The molecular formula is C17H20FNO3. The predicted octanol–water partition coefficient (Wildman–Crippen LogP) is 2.60. The predicted molar refractivity (Wildman–Crippen MR) is 78.6 cm³/mol. The molecule has 0 bridgehead atoms. The molecule has 0 spiro atoms. The van der Waals surface area contributed by atoms with Crippen LogP contribution >= 0.6 is 0 Å². The number of benzene rings is 1. The number of carboxylic acid groups (broad SMARTS) is 1. The zero-order chi connectivity index (χ0) is 15.7. The second-order valence-electron chi connectivity index (χ2n) is 6.27. The fourth-order valence-corrected chi connectivity index (χ4v) is 3.57. The Labute approximate surface area is 128 Å². The van der Waals surface area contributed by atoms with Crippen LogP contribution in [-0.4, -0.2) is 28.4 Å². The van der Waals surface area contributed by atoms with Crippen molar-refractivity contribution in [1.82, 2.24) is 4.90 Å². The van der Waals surface area contributed by atoms with E-state index in [2.05, 4.69) is 0 Å². The number of fused-ring (bicyclic) bond motifs is 1. The average Bonchev–Trinajstić information content (AvgIpc) is 2.54. The largest absolute Gasteiger partial charge is 0.481 e. The SMILES string of the molecule is O=C(O)C1CCC(C(=O)N2CCc3cccc(F)c3C2)CC1. The fourth-order valence-electron chi connectivity index (χ4n) is 3.57. The van der Waals surface area contributed by atoms with Crippen molar-refractivity contribution in [3.63, 3.8) is 0 Å². The molecule has 1 heterocycles. The van der Waals surface area contributed by atoms with E-state index in [1.54, 1.807) is 11.0 Å². The van der Waals surface area contributed by atoms with Gasteiger partial charge in [0.05, 0.1) is 5.92 Å². The van der Waals surface area contributed by atoms with Crippen LogP contribution in [0.2, 0.25) is 0 Å². The molecule has 1 N–H and O–H groups in total. The number of rotatable bonds is 2. The average molecular weight is 305 g/mol. The van der Waals surface area contributed by atoms with Crippen molar-refractivity contribution >= 4 is 11.9 Å². The lowest BCUT2D eigenvalue weighted by Crippen LogP contribution is -2.41. The van der Waals surface area contributed by atoms with Crippen LogP contribution in [0.25, 0.3) is 0 Å². The Morgan fingerprint density at radius 1 is 1.14 bits per heavy atom. The normalized spacial score (nSPS) is 24.7. The summed E-state index contributed by atoms with van der Waals surface area (Å²) in [6, 6.07) is 5.06. The second kappa shape index (κ2) is 6.07. The molecule has 2 aliphatic rings. The van der Waals surface area contributed by atoms with Crippen molar-refractivity contribution in [2.75, 3.05) is 6.54 Å². The molecule has 1 aromatic carbocycles. The molecular weight excluding hydrogens is 285 g/mol. The summed E-state index contributed by atoms with van der Waals surface area (Å²) >= 11 is 0. The van der Waals surface area contributed by atoms with Gasteiger partial charge in [-0.3, -0.25) is 9.59 Å². The van der Waals surface area contributed by atoms with E-state index in [-0.39, 0.29) is 23.6 Å². The van der Waals surface area contributed by atoms with Crippen molar-refractivity contribution in [3.05, 3.63) is 35.1 Å². The number of amides is 1. The van der Waals surface area contributed by atoms with E-state index in [0.717, 1.165) is 5.56 Å². The first-order chi connectivity index (χ1) is 10.6. The van der Waals surface area contributed by atoms with E-state index in [9.17, 15) is 14.0 Å². The second-order valence-corrected chi connectivity index (χ2v) is 6.27. The van der Waals surface area contributed by atoms with Gasteiger partial charge in [-0.15, -0.1) is 0 Å². The maximum absolute atomic E-state index is 13.9. The van der Waals surface area contributed by atoms with Crippen molar-refractivity contribution in [1.29, 1.82) is 0 Å². The number of carbonyl (C=O) groups is 2. The quantitative estimate of drug-likeness (QED) is 0.913. The Bertz CT molecular complexity index is 594. The third-order valence-corrected chi connectivity index (χ3v) is 4.95. The van der Waals surface area contributed by atoms with Crippen LogP contribution < -0.4 is 0 Å². The van der Waals surface area contributed by atoms with E-state index in [1.165, 1.54) is 6.07 Å². The van der Waals surface area contributed by atoms with Gasteiger partial charge in [-0.2, -0.15) is 0 Å². The van der Waals surface area contributed by atoms with Crippen molar-refractivity contribution in [2.45, 2.75) is 38.6 Å². The summed E-state index contributed by atoms with van der Waals surface area (Å²) in [6.45, 7) is 0.952. The third-order valence-electron chi connectivity index (χ3n) is 4.95. The van der Waals surface area contributed by atoms with E-state index < -0.39 is 5.97 Å². The van der Waals surface area contributed by atoms with E-state index in [1.807, 2.05) is 6.07 Å². The summed E-state index contributed by atoms with van der Waals surface area (Å²) in [5, 5.41) is 9.01. The van der Waals surface area contributed by atoms with Gasteiger partial charge < -0.3 is 10.0 Å². The number of carboxylic acids is 1. The lowest BCUT2D eigenvalue weighted by molar-refractivity contribution is -0.146. The Morgan fingerprint density at radius 2 is 1.82 bits per heavy atom. The molecule has 3 rings (SSSR count). The number of halogens is 1. The molecule has 0 radical (unpaired) electrons. The van der Waals surface area contributed by atoms with E-state index >= 15 is 0 Å². The van der Waals surface area contributed by atoms with Gasteiger partial charge in [-0.25, -0.2) is 4.39 Å². The summed E-state index contributed by atoms with van der Waals surface area (Å²) in [4.78, 5) is 25.3. The van der Waals surface area contributed by atoms with Crippen molar-refractivity contribution < 1.29 is 19.1 Å². The monoisotopic (exact) mass is 305 g/mol. The first-order valence-corrected chi connectivity index (χ1v) is 7.84. The highest BCUT2D eigenvalue weighted by atomic mass is 19.1. The van der Waals surface area contributed by atoms with Gasteiger partial charge in [0.25, 0.3) is 0 Å². The molecule has 22 heavy (non-hydrogen) atoms. The summed E-state index contributed by atoms with van der Waals surface area (Å²) < 4.78 is 13.9. The molecule has 1 aliphatic heterocycles. The van der Waals surface area contributed by atoms with Crippen molar-refractivity contribution in [2.24, 2.45) is 11.8 Å². The van der Waals surface area contributed by atoms with E-state index in [4.69, 9.17) is 5.11 Å². The minimum Gasteiger partial charge on any atom is -0.481 e. The number of aliphatic carboxylic acids is 1. The van der Waals surface area contributed by atoms with Gasteiger partial charge in [0.15, 0.2) is 0 Å². The number of hydrogen-bond acceptors (Lipinski definition) is 2. The highest BCUT2D eigenvalue weighted by molar-refractivity contribution is 5.80. The fraction of sp³-hybridized carbons (Fsp3) is 0.529. The van der Waals surface area contributed by atoms with E-state index in [0.29, 0.717) is 50.8 Å². The standard InChI is InChI=1S/C17H20FNO3/c18-15-3-1-2-11-8-9-19(10-14(11)15)16(20)12-4-6-13(7-5-12)17(21)22/h1-3,12-13H,4-10H2,(H,21,22). The number of carbonyl (C=O) groups excluding carboxylic acids is 1. The molecule has 4 nitrogen and oxygen atoms in total. The minimum atomic E-state index is -0.764. The Morgan fingerprint density at radius 3 is 2.50 bits per heavy atom. The third kappa shape index (κ3) is 2.85. The van der Waals surface area contributed by atoms with Crippen LogP contribution in [0.1, 0.15) is 36.8 Å². The topological polar surface area (TPSA) is 57.6 Å². The lowest BCUT2D eigenvalue weighted by atomic mass is 9.81. The minimum absolute atomic E-state index is 0.0535. The van der Waals surface area contributed by atoms with Crippen LogP contribution in [-0.2, 0) is 22.6 Å². The summed E-state index contributed by atoms with van der Waals surface area (Å²) in [6.07, 6.45) is 3.05. The zero-order valence-electron chi connectivity index (χ0n) is 12.4. The molecule has 118 valence electrons. The molecule has 0 aromatic heterocycles. The van der Waals surface area contributed by atoms with Gasteiger partial charge >= 0.3 is 5.97 Å². The Kier molecular flexibility index (Phi) is 4.14. The summed E-state index contributed by atoms with van der Waals surface area (Å²) in [7, 11) is 0. The van der Waals surface area contributed by atoms with Crippen LogP contribution in [0.3, 0.4) is 0 Å². The highest BCUT2D eigenvalue weighted by Gasteiger charge is 2.33. The molecule has 1 aromatic rings. The lowest BCUT2D eigenvalue weighted by Gasteiger charge is -2.34. The maximum atomic E-state index is 13.9. The zero-order valence-corrected chi connectivity index (χ0v) is 12.4. The van der Waals surface area contributed by atoms with Crippen LogP contribution in [0, 0.1) is 17.7 Å².